The Kier molecular flexibility index (Phi) is 14.7. The van der Waals surface area contributed by atoms with Crippen LogP contribution < -0.4 is 16.4 Å². The lowest BCUT2D eigenvalue weighted by molar-refractivity contribution is -0.123. The summed E-state index contributed by atoms with van der Waals surface area (Å²) in [6.45, 7) is 4.44. The number of unbranched alkanes of at least 4 members (excludes halogenated alkanes) is 8. The van der Waals surface area contributed by atoms with Crippen LogP contribution in [0.25, 0.3) is 0 Å². The highest BCUT2D eigenvalue weighted by atomic mass is 16.2. The van der Waals surface area contributed by atoms with Crippen LogP contribution in [-0.2, 0) is 11.3 Å². The van der Waals surface area contributed by atoms with Gasteiger partial charge in [0.15, 0.2) is 0 Å². The summed E-state index contributed by atoms with van der Waals surface area (Å²) in [7, 11) is 0. The van der Waals surface area contributed by atoms with Crippen LogP contribution in [0.3, 0.4) is 0 Å². The van der Waals surface area contributed by atoms with Crippen molar-refractivity contribution >= 4 is 5.91 Å². The Hall–Kier alpha value is -1.39. The monoisotopic (exact) mass is 375 g/mol. The van der Waals surface area contributed by atoms with Crippen molar-refractivity contribution in [2.75, 3.05) is 13.1 Å². The van der Waals surface area contributed by atoms with Crippen LogP contribution in [0.15, 0.2) is 30.3 Å². The molecule has 0 aromatic heterocycles. The molecule has 1 unspecified atom stereocenters. The molecular weight excluding hydrogens is 334 g/mol. The van der Waals surface area contributed by atoms with E-state index in [-0.39, 0.29) is 11.9 Å². The molecule has 4 nitrogen and oxygen atoms in total. The van der Waals surface area contributed by atoms with Crippen molar-refractivity contribution in [3.8, 4) is 0 Å². The predicted molar refractivity (Wildman–Crippen MR) is 116 cm³/mol. The molecule has 0 aliphatic heterocycles. The Bertz CT molecular complexity index is 464. The largest absolute Gasteiger partial charge is 0.355 e. The van der Waals surface area contributed by atoms with Crippen LogP contribution in [0, 0.1) is 0 Å². The van der Waals surface area contributed by atoms with Gasteiger partial charge in [0.25, 0.3) is 0 Å². The van der Waals surface area contributed by atoms with E-state index < -0.39 is 0 Å². The van der Waals surface area contributed by atoms with Gasteiger partial charge in [0.2, 0.25) is 5.91 Å². The van der Waals surface area contributed by atoms with Crippen molar-refractivity contribution in [2.24, 2.45) is 5.73 Å². The van der Waals surface area contributed by atoms with Gasteiger partial charge in [0, 0.05) is 13.1 Å². The molecule has 0 aliphatic rings. The van der Waals surface area contributed by atoms with Gasteiger partial charge >= 0.3 is 0 Å². The topological polar surface area (TPSA) is 67.2 Å². The smallest absolute Gasteiger partial charge is 0.237 e. The van der Waals surface area contributed by atoms with Crippen molar-refractivity contribution in [1.29, 1.82) is 0 Å². The number of rotatable bonds is 17. The van der Waals surface area contributed by atoms with Gasteiger partial charge in [0.05, 0.1) is 6.04 Å². The summed E-state index contributed by atoms with van der Waals surface area (Å²) in [6.07, 6.45) is 13.1. The zero-order valence-corrected chi connectivity index (χ0v) is 17.3. The Morgan fingerprint density at radius 1 is 0.926 bits per heavy atom. The first-order valence-corrected chi connectivity index (χ1v) is 11.0. The molecule has 0 saturated carbocycles. The Morgan fingerprint density at radius 3 is 2.26 bits per heavy atom. The summed E-state index contributed by atoms with van der Waals surface area (Å²) in [5, 5.41) is 6.55. The maximum atomic E-state index is 12.6. The first-order chi connectivity index (χ1) is 13.3. The summed E-state index contributed by atoms with van der Waals surface area (Å²) >= 11 is 0. The van der Waals surface area contributed by atoms with Gasteiger partial charge < -0.3 is 16.4 Å². The van der Waals surface area contributed by atoms with Crippen molar-refractivity contribution in [1.82, 2.24) is 10.6 Å². The number of nitrogens with two attached hydrogens (primary N) is 1. The van der Waals surface area contributed by atoms with Gasteiger partial charge in [-0.2, -0.15) is 0 Å². The van der Waals surface area contributed by atoms with E-state index in [4.69, 9.17) is 5.73 Å². The minimum atomic E-state index is -0.134. The maximum Gasteiger partial charge on any atom is 0.237 e. The Balaban J connectivity index is 2.22. The third-order valence-corrected chi connectivity index (χ3v) is 4.99. The number of carbonyl (C=O) groups is 1. The van der Waals surface area contributed by atoms with Gasteiger partial charge in [0.1, 0.15) is 0 Å². The molecule has 0 saturated heterocycles. The first kappa shape index (κ1) is 23.6. The minimum Gasteiger partial charge on any atom is -0.355 e. The van der Waals surface area contributed by atoms with E-state index in [0.29, 0.717) is 6.54 Å². The lowest BCUT2D eigenvalue weighted by Gasteiger charge is -2.18. The third-order valence-electron chi connectivity index (χ3n) is 4.99. The highest BCUT2D eigenvalue weighted by Gasteiger charge is 2.16. The fourth-order valence-corrected chi connectivity index (χ4v) is 3.25. The van der Waals surface area contributed by atoms with Crippen LogP contribution in [0.2, 0.25) is 0 Å². The molecule has 4 N–H and O–H groups in total. The second-order valence-electron chi connectivity index (χ2n) is 7.47. The van der Waals surface area contributed by atoms with Crippen LogP contribution >= 0.6 is 0 Å². The summed E-state index contributed by atoms with van der Waals surface area (Å²) in [5.41, 5.74) is 6.81. The van der Waals surface area contributed by atoms with E-state index >= 15 is 0 Å². The van der Waals surface area contributed by atoms with Gasteiger partial charge in [-0.1, -0.05) is 88.6 Å². The summed E-state index contributed by atoms with van der Waals surface area (Å²) in [6, 6.07) is 10.1. The number of nitrogens with one attached hydrogen (secondary N) is 2. The normalized spacial score (nSPS) is 12.1. The van der Waals surface area contributed by atoms with Gasteiger partial charge in [-0.15, -0.1) is 0 Å². The van der Waals surface area contributed by atoms with Crippen LogP contribution in [-0.4, -0.2) is 25.0 Å². The molecule has 4 heteroatoms. The van der Waals surface area contributed by atoms with Crippen molar-refractivity contribution in [2.45, 2.75) is 90.1 Å². The predicted octanol–water partition coefficient (Wildman–Crippen LogP) is 4.53. The van der Waals surface area contributed by atoms with Crippen LogP contribution in [0.5, 0.6) is 0 Å². The highest BCUT2D eigenvalue weighted by molar-refractivity contribution is 5.81. The number of hydrogen-bond donors (Lipinski definition) is 3. The van der Waals surface area contributed by atoms with E-state index in [9.17, 15) is 4.79 Å². The Morgan fingerprint density at radius 2 is 1.59 bits per heavy atom. The third kappa shape index (κ3) is 12.6. The standard InChI is InChI=1S/C23H41N3O/c1-2-3-4-5-6-7-8-14-19-25-23(27)22(17-12-13-18-24)26-20-21-15-10-9-11-16-21/h9-11,15-16,22,26H,2-8,12-14,17-20,24H2,1H3,(H,25,27). The zero-order valence-electron chi connectivity index (χ0n) is 17.3. The van der Waals surface area contributed by atoms with Crippen LogP contribution in [0.1, 0.15) is 83.1 Å². The van der Waals surface area contributed by atoms with Crippen molar-refractivity contribution in [3.05, 3.63) is 35.9 Å². The molecule has 27 heavy (non-hydrogen) atoms. The Labute approximate surface area is 166 Å². The molecule has 1 aromatic rings. The van der Waals surface area contributed by atoms with E-state index in [2.05, 4.69) is 29.7 Å². The van der Waals surface area contributed by atoms with Gasteiger partial charge in [-0.25, -0.2) is 0 Å². The summed E-state index contributed by atoms with van der Waals surface area (Å²) < 4.78 is 0. The molecular formula is C23H41N3O. The fourth-order valence-electron chi connectivity index (χ4n) is 3.25. The first-order valence-electron chi connectivity index (χ1n) is 11.0. The second kappa shape index (κ2) is 16.8. The average molecular weight is 376 g/mol. The molecule has 0 radical (unpaired) electrons. The molecule has 1 amide bonds. The maximum absolute atomic E-state index is 12.6. The van der Waals surface area contributed by atoms with E-state index in [1.807, 2.05) is 18.2 Å². The fraction of sp³-hybridized carbons (Fsp3) is 0.696. The molecule has 0 bridgehead atoms. The minimum absolute atomic E-state index is 0.130. The molecule has 154 valence electrons. The number of amides is 1. The molecule has 1 atom stereocenters. The second-order valence-corrected chi connectivity index (χ2v) is 7.47. The van der Waals surface area contributed by atoms with E-state index in [1.165, 1.54) is 50.5 Å². The molecule has 0 aliphatic carbocycles. The van der Waals surface area contributed by atoms with E-state index in [0.717, 1.165) is 38.8 Å². The quantitative estimate of drug-likeness (QED) is 0.350. The van der Waals surface area contributed by atoms with E-state index in [1.54, 1.807) is 0 Å². The summed E-state index contributed by atoms with van der Waals surface area (Å²) in [4.78, 5) is 12.6. The number of benzene rings is 1. The average Bonchev–Trinajstić information content (AvgIpc) is 2.70. The lowest BCUT2D eigenvalue weighted by atomic mass is 10.1. The SMILES string of the molecule is CCCCCCCCCCNC(=O)C(CCCCN)NCc1ccccc1. The molecule has 1 aromatic carbocycles. The highest BCUT2D eigenvalue weighted by Crippen LogP contribution is 2.08. The number of carbonyl (C=O) groups excluding carboxylic acids is 1. The summed E-state index contributed by atoms with van der Waals surface area (Å²) in [5.74, 6) is 0.130. The van der Waals surface area contributed by atoms with Gasteiger partial charge in [-0.3, -0.25) is 4.79 Å². The van der Waals surface area contributed by atoms with Crippen LogP contribution in [0.4, 0.5) is 0 Å². The lowest BCUT2D eigenvalue weighted by Crippen LogP contribution is -2.44. The molecule has 0 spiro atoms. The van der Waals surface area contributed by atoms with Crippen molar-refractivity contribution in [3.63, 3.8) is 0 Å². The molecule has 0 fully saturated rings. The van der Waals surface area contributed by atoms with Crippen molar-refractivity contribution < 1.29 is 4.79 Å². The molecule has 1 rings (SSSR count). The molecule has 0 heterocycles. The van der Waals surface area contributed by atoms with Gasteiger partial charge in [-0.05, 0) is 31.4 Å². The number of hydrogen-bond acceptors (Lipinski definition) is 3. The zero-order chi connectivity index (χ0) is 19.6.